The van der Waals surface area contributed by atoms with Crippen molar-refractivity contribution in [1.82, 2.24) is 4.98 Å². The van der Waals surface area contributed by atoms with Gasteiger partial charge in [0.15, 0.2) is 0 Å². The molecule has 0 bridgehead atoms. The molecule has 2 rings (SSSR count). The summed E-state index contributed by atoms with van der Waals surface area (Å²) in [6.45, 7) is 0. The van der Waals surface area contributed by atoms with Crippen molar-refractivity contribution in [2.75, 3.05) is 5.73 Å². The predicted molar refractivity (Wildman–Crippen MR) is 66.9 cm³/mol. The average Bonchev–Trinajstić information content (AvgIpc) is 2.27. The number of hydrogen-bond donors (Lipinski definition) is 1. The summed E-state index contributed by atoms with van der Waals surface area (Å²) in [6, 6.07) is 6.74. The van der Waals surface area contributed by atoms with Crippen LogP contribution in [-0.2, 0) is 0 Å². The van der Waals surface area contributed by atoms with Crippen LogP contribution in [0.3, 0.4) is 0 Å². The number of halogens is 2. The fraction of sp³-hybridized carbons (Fsp3) is 0. The third kappa shape index (κ3) is 2.54. The third-order valence-corrected chi connectivity index (χ3v) is 3.62. The van der Waals surface area contributed by atoms with E-state index in [0.29, 0.717) is 10.2 Å². The lowest BCUT2D eigenvalue weighted by atomic mass is 10.3. The Morgan fingerprint density at radius 1 is 1.25 bits per heavy atom. The molecule has 0 aliphatic rings. The maximum atomic E-state index is 13.2. The largest absolute Gasteiger partial charge is 0.398 e. The van der Waals surface area contributed by atoms with Crippen molar-refractivity contribution in [2.45, 2.75) is 9.79 Å². The lowest BCUT2D eigenvalue weighted by Gasteiger charge is -2.06. The van der Waals surface area contributed by atoms with Gasteiger partial charge in [0.25, 0.3) is 0 Å². The van der Waals surface area contributed by atoms with Crippen LogP contribution in [0.4, 0.5) is 10.1 Å². The van der Waals surface area contributed by atoms with Gasteiger partial charge in [-0.05, 0) is 40.2 Å². The van der Waals surface area contributed by atoms with Gasteiger partial charge in [-0.15, -0.1) is 0 Å². The van der Waals surface area contributed by atoms with Crippen LogP contribution in [-0.4, -0.2) is 4.98 Å². The highest BCUT2D eigenvalue weighted by atomic mass is 79.9. The molecule has 0 atom stereocenters. The van der Waals surface area contributed by atoms with Gasteiger partial charge in [-0.25, -0.2) is 4.39 Å². The van der Waals surface area contributed by atoms with E-state index in [0.717, 1.165) is 9.79 Å². The minimum atomic E-state index is -0.350. The molecule has 2 aromatic rings. The molecule has 0 amide bonds. The second-order valence-electron chi connectivity index (χ2n) is 3.09. The first kappa shape index (κ1) is 11.4. The van der Waals surface area contributed by atoms with Crippen LogP contribution in [0.2, 0.25) is 0 Å². The van der Waals surface area contributed by atoms with Crippen molar-refractivity contribution in [3.8, 4) is 0 Å². The Morgan fingerprint density at radius 2 is 1.94 bits per heavy atom. The number of pyridine rings is 1. The number of nitrogens with two attached hydrogens (primary N) is 1. The van der Waals surface area contributed by atoms with E-state index in [1.54, 1.807) is 18.5 Å². The summed E-state index contributed by atoms with van der Waals surface area (Å²) in [6.07, 6.45) is 3.41. The van der Waals surface area contributed by atoms with Crippen LogP contribution in [0.1, 0.15) is 0 Å². The van der Waals surface area contributed by atoms with Crippen LogP contribution in [0, 0.1) is 5.82 Å². The summed E-state index contributed by atoms with van der Waals surface area (Å²) >= 11 is 4.61. The van der Waals surface area contributed by atoms with Crippen LogP contribution in [0.25, 0.3) is 0 Å². The van der Waals surface area contributed by atoms with Crippen molar-refractivity contribution >= 4 is 33.4 Å². The molecule has 82 valence electrons. The Balaban J connectivity index is 2.32. The van der Waals surface area contributed by atoms with Gasteiger partial charge in [0, 0.05) is 27.9 Å². The maximum absolute atomic E-state index is 13.2. The number of rotatable bonds is 2. The molecule has 0 aliphatic heterocycles. The first-order valence-electron chi connectivity index (χ1n) is 4.49. The lowest BCUT2D eigenvalue weighted by molar-refractivity contribution is 0.620. The summed E-state index contributed by atoms with van der Waals surface area (Å²) in [4.78, 5) is 5.76. The molecule has 0 spiro atoms. The Morgan fingerprint density at radius 3 is 2.62 bits per heavy atom. The zero-order valence-electron chi connectivity index (χ0n) is 8.15. The van der Waals surface area contributed by atoms with Crippen molar-refractivity contribution in [1.29, 1.82) is 0 Å². The minimum absolute atomic E-state index is 0.350. The molecule has 2 nitrogen and oxygen atoms in total. The maximum Gasteiger partial charge on any atom is 0.139 e. The molecular weight excluding hydrogens is 291 g/mol. The van der Waals surface area contributed by atoms with Crippen molar-refractivity contribution in [3.05, 3.63) is 46.9 Å². The number of aromatic nitrogens is 1. The van der Waals surface area contributed by atoms with E-state index in [1.165, 1.54) is 17.8 Å². The summed E-state index contributed by atoms with van der Waals surface area (Å²) < 4.78 is 13.6. The molecule has 0 radical (unpaired) electrons. The molecule has 1 aromatic heterocycles. The number of nitrogen functional groups attached to an aromatic ring is 1. The topological polar surface area (TPSA) is 38.9 Å². The Bertz CT molecular complexity index is 505. The average molecular weight is 299 g/mol. The monoisotopic (exact) mass is 298 g/mol. The van der Waals surface area contributed by atoms with Gasteiger partial charge in [-0.3, -0.25) is 4.98 Å². The highest BCUT2D eigenvalue weighted by Gasteiger charge is 2.07. The SMILES string of the molecule is Nc1cc(F)c(Br)cc1Sc1ccncc1. The number of hydrogen-bond acceptors (Lipinski definition) is 3. The zero-order chi connectivity index (χ0) is 11.5. The summed E-state index contributed by atoms with van der Waals surface area (Å²) in [5.41, 5.74) is 6.17. The van der Waals surface area contributed by atoms with Crippen molar-refractivity contribution < 1.29 is 4.39 Å². The molecule has 16 heavy (non-hydrogen) atoms. The van der Waals surface area contributed by atoms with Crippen molar-refractivity contribution in [3.63, 3.8) is 0 Å². The number of benzene rings is 1. The normalized spacial score (nSPS) is 10.4. The molecule has 0 fully saturated rings. The molecule has 0 saturated heterocycles. The summed E-state index contributed by atoms with van der Waals surface area (Å²) in [5, 5.41) is 0. The van der Waals surface area contributed by atoms with Gasteiger partial charge in [0.1, 0.15) is 5.82 Å². The van der Waals surface area contributed by atoms with E-state index in [-0.39, 0.29) is 5.82 Å². The molecule has 0 saturated carbocycles. The summed E-state index contributed by atoms with van der Waals surface area (Å²) in [7, 11) is 0. The lowest BCUT2D eigenvalue weighted by Crippen LogP contribution is -1.91. The Hall–Kier alpha value is -1.07. The van der Waals surface area contributed by atoms with Gasteiger partial charge in [0.2, 0.25) is 0 Å². The first-order valence-corrected chi connectivity index (χ1v) is 6.10. The van der Waals surface area contributed by atoms with E-state index in [4.69, 9.17) is 5.73 Å². The van der Waals surface area contributed by atoms with Crippen LogP contribution in [0.15, 0.2) is 50.9 Å². The standard InChI is InChI=1S/C11H8BrFN2S/c12-8-5-11(10(14)6-9(8)13)16-7-1-3-15-4-2-7/h1-6H,14H2. The fourth-order valence-corrected chi connectivity index (χ4v) is 2.53. The molecule has 2 N–H and O–H groups in total. The first-order chi connectivity index (χ1) is 7.66. The predicted octanol–water partition coefficient (Wildman–Crippen LogP) is 3.72. The number of nitrogens with zero attached hydrogens (tertiary/aromatic N) is 1. The Labute approximate surface area is 105 Å². The number of anilines is 1. The smallest absolute Gasteiger partial charge is 0.139 e. The van der Waals surface area contributed by atoms with Crippen molar-refractivity contribution in [2.24, 2.45) is 0 Å². The highest BCUT2D eigenvalue weighted by Crippen LogP contribution is 2.34. The van der Waals surface area contributed by atoms with Gasteiger partial charge < -0.3 is 5.73 Å². The molecule has 1 heterocycles. The molecular formula is C11H8BrFN2S. The minimum Gasteiger partial charge on any atom is -0.398 e. The Kier molecular flexibility index (Phi) is 3.46. The van der Waals surface area contributed by atoms with E-state index < -0.39 is 0 Å². The van der Waals surface area contributed by atoms with Crippen LogP contribution < -0.4 is 5.73 Å². The molecule has 1 aromatic carbocycles. The van der Waals surface area contributed by atoms with E-state index in [1.807, 2.05) is 12.1 Å². The van der Waals surface area contributed by atoms with Gasteiger partial charge in [0.05, 0.1) is 4.47 Å². The second kappa shape index (κ2) is 4.84. The quantitative estimate of drug-likeness (QED) is 0.859. The molecule has 5 heteroatoms. The second-order valence-corrected chi connectivity index (χ2v) is 5.06. The van der Waals surface area contributed by atoms with Gasteiger partial charge in [-0.2, -0.15) is 0 Å². The van der Waals surface area contributed by atoms with Gasteiger partial charge in [-0.1, -0.05) is 11.8 Å². The molecule has 0 aliphatic carbocycles. The van der Waals surface area contributed by atoms with Gasteiger partial charge >= 0.3 is 0 Å². The third-order valence-electron chi connectivity index (χ3n) is 1.93. The molecule has 0 unspecified atom stereocenters. The van der Waals surface area contributed by atoms with Crippen LogP contribution in [0.5, 0.6) is 0 Å². The highest BCUT2D eigenvalue weighted by molar-refractivity contribution is 9.10. The zero-order valence-corrected chi connectivity index (χ0v) is 10.6. The van der Waals surface area contributed by atoms with E-state index in [2.05, 4.69) is 20.9 Å². The van der Waals surface area contributed by atoms with E-state index >= 15 is 0 Å². The van der Waals surface area contributed by atoms with E-state index in [9.17, 15) is 4.39 Å². The van der Waals surface area contributed by atoms with Crippen LogP contribution >= 0.6 is 27.7 Å². The fourth-order valence-electron chi connectivity index (χ4n) is 1.17. The summed E-state index contributed by atoms with van der Waals surface area (Å²) in [5.74, 6) is -0.350.